The minimum absolute atomic E-state index is 0.0563. The molecule has 0 heterocycles. The summed E-state index contributed by atoms with van der Waals surface area (Å²) in [5.74, 6) is -0.679. The van der Waals surface area contributed by atoms with Crippen molar-refractivity contribution in [3.63, 3.8) is 0 Å². The first kappa shape index (κ1) is 20.6. The van der Waals surface area contributed by atoms with Gasteiger partial charge in [0.15, 0.2) is 11.6 Å². The Morgan fingerprint density at radius 1 is 1.26 bits per heavy atom. The maximum atomic E-state index is 13.8. The summed E-state index contributed by atoms with van der Waals surface area (Å²) in [4.78, 5) is 14.0. The van der Waals surface area contributed by atoms with Crippen LogP contribution in [0.2, 0.25) is 0 Å². The van der Waals surface area contributed by atoms with Crippen molar-refractivity contribution in [2.24, 2.45) is 0 Å². The van der Waals surface area contributed by atoms with E-state index in [1.807, 2.05) is 0 Å². The Morgan fingerprint density at radius 3 is 2.48 bits per heavy atom. The molecule has 0 aliphatic heterocycles. The van der Waals surface area contributed by atoms with Gasteiger partial charge >= 0.3 is 0 Å². The zero-order chi connectivity index (χ0) is 20.0. The van der Waals surface area contributed by atoms with Crippen LogP contribution in [-0.2, 0) is 16.6 Å². The number of carbonyl (C=O) groups is 1. The number of nitrogens with one attached hydrogen (secondary N) is 1. The SMILES string of the molecule is C=CCNS(=O)(=O)c1ccc(C(=O)N(C)Cc2ccc(OC)c(F)c2)cc1. The third kappa shape index (κ3) is 5.15. The number of carbonyl (C=O) groups excluding carboxylic acids is 1. The van der Waals surface area contributed by atoms with Gasteiger partial charge in [-0.3, -0.25) is 4.79 Å². The Labute approximate surface area is 158 Å². The van der Waals surface area contributed by atoms with E-state index < -0.39 is 15.8 Å². The van der Waals surface area contributed by atoms with Gasteiger partial charge < -0.3 is 9.64 Å². The fourth-order valence-electron chi connectivity index (χ4n) is 2.40. The average molecular weight is 392 g/mol. The summed E-state index contributed by atoms with van der Waals surface area (Å²) in [5, 5.41) is 0. The van der Waals surface area contributed by atoms with Gasteiger partial charge in [0.1, 0.15) is 0 Å². The largest absolute Gasteiger partial charge is 0.494 e. The van der Waals surface area contributed by atoms with Gasteiger partial charge in [-0.2, -0.15) is 0 Å². The molecule has 1 amide bonds. The monoisotopic (exact) mass is 392 g/mol. The second kappa shape index (κ2) is 8.79. The number of benzene rings is 2. The molecule has 2 aromatic carbocycles. The number of rotatable bonds is 8. The predicted octanol–water partition coefficient (Wildman–Crippen LogP) is 2.57. The lowest BCUT2D eigenvalue weighted by Gasteiger charge is -2.18. The lowest BCUT2D eigenvalue weighted by Crippen LogP contribution is -2.26. The topological polar surface area (TPSA) is 75.7 Å². The van der Waals surface area contributed by atoms with Crippen LogP contribution in [0.3, 0.4) is 0 Å². The molecule has 0 bridgehead atoms. The number of hydrogen-bond acceptors (Lipinski definition) is 4. The normalized spacial score (nSPS) is 11.1. The van der Waals surface area contributed by atoms with Gasteiger partial charge in [-0.05, 0) is 42.0 Å². The lowest BCUT2D eigenvalue weighted by atomic mass is 10.1. The maximum Gasteiger partial charge on any atom is 0.253 e. The smallest absolute Gasteiger partial charge is 0.253 e. The van der Waals surface area contributed by atoms with E-state index in [1.165, 1.54) is 54.5 Å². The van der Waals surface area contributed by atoms with Crippen LogP contribution in [-0.4, -0.2) is 39.9 Å². The van der Waals surface area contributed by atoms with E-state index in [4.69, 9.17) is 4.74 Å². The van der Waals surface area contributed by atoms with Gasteiger partial charge in [-0.1, -0.05) is 12.1 Å². The quantitative estimate of drug-likeness (QED) is 0.701. The van der Waals surface area contributed by atoms with Gasteiger partial charge in [-0.15, -0.1) is 6.58 Å². The average Bonchev–Trinajstić information content (AvgIpc) is 2.66. The zero-order valence-corrected chi connectivity index (χ0v) is 15.9. The summed E-state index contributed by atoms with van der Waals surface area (Å²) in [6, 6.07) is 10.1. The van der Waals surface area contributed by atoms with E-state index >= 15 is 0 Å². The number of halogens is 1. The molecule has 144 valence electrons. The Morgan fingerprint density at radius 2 is 1.93 bits per heavy atom. The fourth-order valence-corrected chi connectivity index (χ4v) is 3.40. The van der Waals surface area contributed by atoms with Gasteiger partial charge in [0, 0.05) is 25.7 Å². The van der Waals surface area contributed by atoms with Crippen LogP contribution in [0.25, 0.3) is 0 Å². The number of nitrogens with zero attached hydrogens (tertiary/aromatic N) is 1. The molecule has 6 nitrogen and oxygen atoms in total. The van der Waals surface area contributed by atoms with Crippen LogP contribution in [0, 0.1) is 5.82 Å². The number of ether oxygens (including phenoxy) is 1. The summed E-state index contributed by atoms with van der Waals surface area (Å²) in [5.41, 5.74) is 0.936. The highest BCUT2D eigenvalue weighted by atomic mass is 32.2. The number of methoxy groups -OCH3 is 1. The van der Waals surface area contributed by atoms with Gasteiger partial charge in [0.05, 0.1) is 12.0 Å². The summed E-state index contributed by atoms with van der Waals surface area (Å²) in [6.07, 6.45) is 1.44. The molecule has 0 saturated carbocycles. The molecule has 0 aliphatic rings. The standard InChI is InChI=1S/C19H21FN2O4S/c1-4-11-21-27(24,25)16-8-6-15(7-9-16)19(23)22(2)13-14-5-10-18(26-3)17(20)12-14/h4-10,12,21H,1,11,13H2,2-3H3. The van der Waals surface area contributed by atoms with E-state index in [9.17, 15) is 17.6 Å². The van der Waals surface area contributed by atoms with Crippen molar-refractivity contribution in [2.45, 2.75) is 11.4 Å². The second-order valence-electron chi connectivity index (χ2n) is 5.80. The van der Waals surface area contributed by atoms with Crippen molar-refractivity contribution in [1.82, 2.24) is 9.62 Å². The predicted molar refractivity (Wildman–Crippen MR) is 101 cm³/mol. The lowest BCUT2D eigenvalue weighted by molar-refractivity contribution is 0.0785. The van der Waals surface area contributed by atoms with Crippen LogP contribution in [0.4, 0.5) is 4.39 Å². The van der Waals surface area contributed by atoms with Crippen LogP contribution >= 0.6 is 0 Å². The molecule has 0 unspecified atom stereocenters. The van der Waals surface area contributed by atoms with Crippen LogP contribution in [0.5, 0.6) is 5.75 Å². The van der Waals surface area contributed by atoms with E-state index in [-0.39, 0.29) is 29.6 Å². The summed E-state index contributed by atoms with van der Waals surface area (Å²) < 4.78 is 45.1. The minimum Gasteiger partial charge on any atom is -0.494 e. The van der Waals surface area contributed by atoms with Gasteiger partial charge in [-0.25, -0.2) is 17.5 Å². The molecule has 0 radical (unpaired) electrons. The Balaban J connectivity index is 2.10. The Hall–Kier alpha value is -2.71. The third-order valence-corrected chi connectivity index (χ3v) is 5.25. The van der Waals surface area contributed by atoms with Crippen LogP contribution in [0.1, 0.15) is 15.9 Å². The molecule has 27 heavy (non-hydrogen) atoms. The van der Waals surface area contributed by atoms with Crippen molar-refractivity contribution in [3.8, 4) is 5.75 Å². The van der Waals surface area contributed by atoms with Crippen molar-refractivity contribution in [1.29, 1.82) is 0 Å². The maximum absolute atomic E-state index is 13.8. The molecule has 0 aromatic heterocycles. The van der Waals surface area contributed by atoms with Gasteiger partial charge in [0.25, 0.3) is 5.91 Å². The number of hydrogen-bond donors (Lipinski definition) is 1. The van der Waals surface area contributed by atoms with Crippen LogP contribution < -0.4 is 9.46 Å². The molecular formula is C19H21FN2O4S. The third-order valence-electron chi connectivity index (χ3n) is 3.81. The molecule has 2 aromatic rings. The number of sulfonamides is 1. The molecular weight excluding hydrogens is 371 g/mol. The van der Waals surface area contributed by atoms with E-state index in [1.54, 1.807) is 13.1 Å². The van der Waals surface area contributed by atoms with Crippen molar-refractivity contribution in [2.75, 3.05) is 20.7 Å². The van der Waals surface area contributed by atoms with E-state index in [0.717, 1.165) is 0 Å². The molecule has 0 atom stereocenters. The zero-order valence-electron chi connectivity index (χ0n) is 15.1. The van der Waals surface area contributed by atoms with Crippen molar-refractivity contribution in [3.05, 3.63) is 72.1 Å². The summed E-state index contributed by atoms with van der Waals surface area (Å²) in [7, 11) is -0.681. The van der Waals surface area contributed by atoms with Gasteiger partial charge in [0.2, 0.25) is 10.0 Å². The fraction of sp³-hybridized carbons (Fsp3) is 0.211. The number of amides is 1. The minimum atomic E-state index is -3.64. The highest BCUT2D eigenvalue weighted by molar-refractivity contribution is 7.89. The summed E-state index contributed by atoms with van der Waals surface area (Å²) >= 11 is 0. The second-order valence-corrected chi connectivity index (χ2v) is 7.56. The first-order valence-corrected chi connectivity index (χ1v) is 9.55. The van der Waals surface area contributed by atoms with Crippen LogP contribution in [0.15, 0.2) is 60.0 Å². The first-order chi connectivity index (χ1) is 12.8. The van der Waals surface area contributed by atoms with Crippen molar-refractivity contribution >= 4 is 15.9 Å². The Bertz CT molecular complexity index is 927. The highest BCUT2D eigenvalue weighted by Gasteiger charge is 2.16. The Kier molecular flexibility index (Phi) is 6.70. The van der Waals surface area contributed by atoms with E-state index in [2.05, 4.69) is 11.3 Å². The molecule has 1 N–H and O–H groups in total. The van der Waals surface area contributed by atoms with Crippen molar-refractivity contribution < 1.29 is 22.3 Å². The molecule has 2 rings (SSSR count). The molecule has 0 fully saturated rings. The van der Waals surface area contributed by atoms with E-state index in [0.29, 0.717) is 11.1 Å². The first-order valence-electron chi connectivity index (χ1n) is 8.07. The highest BCUT2D eigenvalue weighted by Crippen LogP contribution is 2.19. The molecule has 0 aliphatic carbocycles. The molecule has 0 saturated heterocycles. The summed E-state index contributed by atoms with van der Waals surface area (Å²) in [6.45, 7) is 3.77. The molecule has 8 heteroatoms. The molecule has 0 spiro atoms.